The topological polar surface area (TPSA) is 80.9 Å². The lowest BCUT2D eigenvalue weighted by Gasteiger charge is -2.36. The fraction of sp³-hybridized carbons (Fsp3) is 0.111. The van der Waals surface area contributed by atoms with Crippen LogP contribution in [0.25, 0.3) is 0 Å². The third-order valence-corrected chi connectivity index (χ3v) is 6.80. The van der Waals surface area contributed by atoms with E-state index >= 15 is 0 Å². The highest BCUT2D eigenvalue weighted by molar-refractivity contribution is 5.54. The molecule has 0 fully saturated rings. The maximum Gasteiger partial charge on any atom is 0.115 e. The number of allylic oxidation sites excluding steroid dienone is 8. The van der Waals surface area contributed by atoms with Crippen LogP contribution in [0.2, 0.25) is 0 Å². The monoisotopic (exact) mass is 530 g/mol. The zero-order chi connectivity index (χ0) is 28.2. The number of hydrogen-bond donors (Lipinski definition) is 4. The average Bonchev–Trinajstić information content (AvgIpc) is 3.75. The molecule has 0 aliphatic heterocycles. The molecular formula is C36H34O4. The van der Waals surface area contributed by atoms with Gasteiger partial charge in [0.2, 0.25) is 0 Å². The second-order valence-corrected chi connectivity index (χ2v) is 9.57. The maximum atomic E-state index is 9.86. The Balaban J connectivity index is 0.000000308. The molecule has 4 aromatic rings. The Morgan fingerprint density at radius 3 is 0.925 bits per heavy atom. The van der Waals surface area contributed by atoms with E-state index in [-0.39, 0.29) is 23.0 Å². The Morgan fingerprint density at radius 2 is 0.675 bits per heavy atom. The van der Waals surface area contributed by atoms with E-state index in [1.807, 2.05) is 48.5 Å². The minimum absolute atomic E-state index is 0.175. The molecule has 0 saturated carbocycles. The molecule has 0 heterocycles. The number of phenolic OH excluding ortho intramolecular Hbond substituents is 4. The molecule has 4 N–H and O–H groups in total. The summed E-state index contributed by atoms with van der Waals surface area (Å²) in [6.45, 7) is 0. The van der Waals surface area contributed by atoms with Crippen LogP contribution >= 0.6 is 0 Å². The van der Waals surface area contributed by atoms with Gasteiger partial charge >= 0.3 is 0 Å². The minimum Gasteiger partial charge on any atom is -0.508 e. The van der Waals surface area contributed by atoms with Crippen molar-refractivity contribution in [2.75, 3.05) is 0 Å². The zero-order valence-electron chi connectivity index (χ0n) is 22.3. The van der Waals surface area contributed by atoms with E-state index < -0.39 is 5.41 Å². The maximum absolute atomic E-state index is 9.86. The first-order chi connectivity index (χ1) is 19.5. The summed E-state index contributed by atoms with van der Waals surface area (Å²) < 4.78 is 0. The molecule has 202 valence electrons. The minimum atomic E-state index is -0.661. The van der Waals surface area contributed by atoms with Crippen molar-refractivity contribution in [3.8, 4) is 23.0 Å². The molecule has 0 atom stereocenters. The molecule has 4 aromatic carbocycles. The van der Waals surface area contributed by atoms with Crippen molar-refractivity contribution < 1.29 is 20.4 Å². The fourth-order valence-electron chi connectivity index (χ4n) is 4.75. The smallest absolute Gasteiger partial charge is 0.115 e. The van der Waals surface area contributed by atoms with Crippen LogP contribution < -0.4 is 0 Å². The van der Waals surface area contributed by atoms with E-state index in [2.05, 4.69) is 48.6 Å². The van der Waals surface area contributed by atoms with Gasteiger partial charge in [0, 0.05) is 5.41 Å². The van der Waals surface area contributed by atoms with Gasteiger partial charge in [0.25, 0.3) is 0 Å². The zero-order valence-corrected chi connectivity index (χ0v) is 22.3. The summed E-state index contributed by atoms with van der Waals surface area (Å²) in [4.78, 5) is 0. The van der Waals surface area contributed by atoms with Gasteiger partial charge in [0.1, 0.15) is 23.0 Å². The quantitative estimate of drug-likeness (QED) is 0.197. The van der Waals surface area contributed by atoms with Crippen LogP contribution in [0.3, 0.4) is 0 Å². The highest BCUT2D eigenvalue weighted by Gasteiger charge is 2.36. The van der Waals surface area contributed by atoms with E-state index in [9.17, 15) is 20.4 Å². The molecule has 2 aliphatic carbocycles. The number of rotatable bonds is 5. The number of benzene rings is 4. The first-order valence-corrected chi connectivity index (χ1v) is 13.3. The SMILES string of the molecule is C1=CCC=C1.C1=CCC=C1.Oc1ccc(CC(c2ccc(O)cc2)(c2ccc(O)cc2)c2ccc(O)cc2)cc1. The van der Waals surface area contributed by atoms with Gasteiger partial charge in [-0.05, 0) is 90.0 Å². The van der Waals surface area contributed by atoms with E-state index in [4.69, 9.17) is 0 Å². The predicted molar refractivity (Wildman–Crippen MR) is 162 cm³/mol. The largest absolute Gasteiger partial charge is 0.508 e. The number of phenols is 4. The van der Waals surface area contributed by atoms with E-state index in [1.54, 1.807) is 48.5 Å². The van der Waals surface area contributed by atoms with Crippen molar-refractivity contribution in [2.24, 2.45) is 0 Å². The van der Waals surface area contributed by atoms with Crippen LogP contribution in [-0.2, 0) is 11.8 Å². The van der Waals surface area contributed by atoms with Crippen LogP contribution in [0.15, 0.2) is 146 Å². The molecule has 0 bridgehead atoms. The molecule has 4 nitrogen and oxygen atoms in total. The molecule has 0 amide bonds. The molecule has 0 unspecified atom stereocenters. The Labute approximate surface area is 235 Å². The van der Waals surface area contributed by atoms with Crippen molar-refractivity contribution in [1.29, 1.82) is 0 Å². The highest BCUT2D eigenvalue weighted by atomic mass is 16.3. The van der Waals surface area contributed by atoms with Gasteiger partial charge in [0.15, 0.2) is 0 Å². The van der Waals surface area contributed by atoms with Crippen molar-refractivity contribution in [1.82, 2.24) is 0 Å². The van der Waals surface area contributed by atoms with Gasteiger partial charge in [0.05, 0.1) is 0 Å². The molecule has 4 heteroatoms. The van der Waals surface area contributed by atoms with Crippen LogP contribution in [0.1, 0.15) is 35.1 Å². The first-order valence-electron chi connectivity index (χ1n) is 13.3. The Morgan fingerprint density at radius 1 is 0.400 bits per heavy atom. The molecule has 6 rings (SSSR count). The van der Waals surface area contributed by atoms with Crippen molar-refractivity contribution in [3.05, 3.63) is 168 Å². The summed E-state index contributed by atoms with van der Waals surface area (Å²) in [5, 5.41) is 39.3. The molecule has 0 aromatic heterocycles. The number of aromatic hydroxyl groups is 4. The summed E-state index contributed by atoms with van der Waals surface area (Å²) in [7, 11) is 0. The van der Waals surface area contributed by atoms with Gasteiger partial charge < -0.3 is 20.4 Å². The summed E-state index contributed by atoms with van der Waals surface area (Å²) in [6.07, 6.45) is 19.6. The normalized spacial score (nSPS) is 12.9. The second kappa shape index (κ2) is 13.7. The summed E-state index contributed by atoms with van der Waals surface area (Å²) in [5.41, 5.74) is 3.19. The Hall–Kier alpha value is -4.96. The molecule has 0 spiro atoms. The van der Waals surface area contributed by atoms with Gasteiger partial charge in [-0.1, -0.05) is 97.1 Å². The van der Waals surface area contributed by atoms with Crippen LogP contribution in [-0.4, -0.2) is 20.4 Å². The molecule has 0 saturated heterocycles. The predicted octanol–water partition coefficient (Wildman–Crippen LogP) is 8.09. The van der Waals surface area contributed by atoms with Crippen molar-refractivity contribution >= 4 is 0 Å². The van der Waals surface area contributed by atoms with Crippen LogP contribution in [0.5, 0.6) is 23.0 Å². The first kappa shape index (κ1) is 28.1. The Kier molecular flexibility index (Phi) is 9.62. The van der Waals surface area contributed by atoms with Gasteiger partial charge in [-0.25, -0.2) is 0 Å². The summed E-state index contributed by atoms with van der Waals surface area (Å²) in [5.74, 6) is 0.722. The number of hydrogen-bond acceptors (Lipinski definition) is 4. The van der Waals surface area contributed by atoms with E-state index in [0.29, 0.717) is 6.42 Å². The molecule has 0 radical (unpaired) electrons. The highest BCUT2D eigenvalue weighted by Crippen LogP contribution is 2.43. The fourth-order valence-corrected chi connectivity index (χ4v) is 4.75. The molecule has 2 aliphatic rings. The summed E-state index contributed by atoms with van der Waals surface area (Å²) in [6, 6.07) is 28.3. The van der Waals surface area contributed by atoms with Gasteiger partial charge in [-0.2, -0.15) is 0 Å². The average molecular weight is 531 g/mol. The lowest BCUT2D eigenvalue weighted by molar-refractivity contribution is 0.472. The van der Waals surface area contributed by atoms with Crippen LogP contribution in [0.4, 0.5) is 0 Å². The lowest BCUT2D eigenvalue weighted by atomic mass is 9.66. The molecule has 40 heavy (non-hydrogen) atoms. The van der Waals surface area contributed by atoms with Crippen LogP contribution in [0, 0.1) is 0 Å². The Bertz CT molecular complexity index is 1310. The van der Waals surface area contributed by atoms with Crippen molar-refractivity contribution in [2.45, 2.75) is 24.7 Å². The van der Waals surface area contributed by atoms with Gasteiger partial charge in [-0.3, -0.25) is 0 Å². The third kappa shape index (κ3) is 7.33. The van der Waals surface area contributed by atoms with Crippen molar-refractivity contribution in [3.63, 3.8) is 0 Å². The van der Waals surface area contributed by atoms with E-state index in [1.165, 1.54) is 0 Å². The molecular weight excluding hydrogens is 496 g/mol. The van der Waals surface area contributed by atoms with Gasteiger partial charge in [-0.15, -0.1) is 0 Å². The lowest BCUT2D eigenvalue weighted by Crippen LogP contribution is -2.32. The van der Waals surface area contributed by atoms with E-state index in [0.717, 1.165) is 35.1 Å². The standard InChI is InChI=1S/C26H22O4.2C5H6/c27-22-9-1-18(2-10-22)17-26(19-3-11-23(28)12-4-19,20-5-13-24(29)14-6-20)21-7-15-25(30)16-8-21;2*1-2-4-5-3-1/h1-16,27-30H,17H2;2*1-4H,5H2. The summed E-state index contributed by atoms with van der Waals surface area (Å²) >= 11 is 0. The second-order valence-electron chi connectivity index (χ2n) is 9.57. The third-order valence-electron chi connectivity index (χ3n) is 6.80.